The summed E-state index contributed by atoms with van der Waals surface area (Å²) in [4.78, 5) is 72.8. The summed E-state index contributed by atoms with van der Waals surface area (Å²) in [5.74, 6) is -2.16. The van der Waals surface area contributed by atoms with Gasteiger partial charge in [-0.25, -0.2) is 9.13 Å². The molecule has 17 nitrogen and oxygen atoms in total. The van der Waals surface area contributed by atoms with E-state index in [1.165, 1.54) is 167 Å². The van der Waals surface area contributed by atoms with Gasteiger partial charge in [0.05, 0.1) is 26.4 Å². The second kappa shape index (κ2) is 70.7. The molecule has 0 saturated carbocycles. The van der Waals surface area contributed by atoms with Crippen molar-refractivity contribution in [2.24, 2.45) is 0 Å². The van der Waals surface area contributed by atoms with E-state index in [-0.39, 0.29) is 25.7 Å². The number of carbonyl (C=O) groups excluding carboxylic acids is 4. The van der Waals surface area contributed by atoms with Gasteiger partial charge in [0, 0.05) is 25.7 Å². The predicted octanol–water partition coefficient (Wildman–Crippen LogP) is 22.3. The van der Waals surface area contributed by atoms with Crippen molar-refractivity contribution in [3.63, 3.8) is 0 Å². The van der Waals surface area contributed by atoms with Gasteiger partial charge >= 0.3 is 39.5 Å². The Morgan fingerprint density at radius 3 is 0.802 bits per heavy atom. The molecule has 3 N–H and O–H groups in total. The summed E-state index contributed by atoms with van der Waals surface area (Å²) in [6.07, 6.45) is 65.5. The number of phosphoric ester groups is 2. The highest BCUT2D eigenvalue weighted by atomic mass is 31.2. The number of aliphatic hydroxyl groups excluding tert-OH is 1. The van der Waals surface area contributed by atoms with Gasteiger partial charge in [0.1, 0.15) is 19.3 Å². The van der Waals surface area contributed by atoms with Gasteiger partial charge in [-0.2, -0.15) is 0 Å². The Hall–Kier alpha value is -2.72. The summed E-state index contributed by atoms with van der Waals surface area (Å²) in [6.45, 7) is 4.90. The summed E-state index contributed by atoms with van der Waals surface area (Å²) in [7, 11) is -9.93. The van der Waals surface area contributed by atoms with Crippen LogP contribution in [-0.2, 0) is 65.4 Å². The lowest BCUT2D eigenvalue weighted by molar-refractivity contribution is -0.161. The summed E-state index contributed by atoms with van der Waals surface area (Å²) in [5.41, 5.74) is 0. The van der Waals surface area contributed by atoms with Gasteiger partial charge in [0.15, 0.2) is 12.2 Å². The van der Waals surface area contributed by atoms with Crippen molar-refractivity contribution in [1.29, 1.82) is 0 Å². The molecule has 0 bridgehead atoms. The SMILES string of the molecule is CCCCC/C=C\C/C=C\CCCCCCCC(=O)O[C@H](COC(=O)CCCCCCC/C=C\CCCCCCCC)COP(=O)(O)OC[C@H](O)COP(=O)(O)OC[C@@H](COC(=O)CCCCCCCCCCCCCCC)OC(=O)CCCCCCCCCCCCCCC. The maximum Gasteiger partial charge on any atom is 0.472 e. The van der Waals surface area contributed by atoms with E-state index < -0.39 is 97.5 Å². The average molecular weight is 1400 g/mol. The van der Waals surface area contributed by atoms with Crippen LogP contribution in [0.25, 0.3) is 0 Å². The predicted molar refractivity (Wildman–Crippen MR) is 391 cm³/mol. The Bertz CT molecular complexity index is 1970. The molecule has 5 atom stereocenters. The van der Waals surface area contributed by atoms with Gasteiger partial charge in [-0.15, -0.1) is 0 Å². The number of ether oxygens (including phenoxy) is 4. The highest BCUT2D eigenvalue weighted by Gasteiger charge is 2.30. The van der Waals surface area contributed by atoms with Crippen molar-refractivity contribution < 1.29 is 80.2 Å². The second-order valence-corrected chi connectivity index (χ2v) is 29.6. The van der Waals surface area contributed by atoms with Crippen molar-refractivity contribution in [2.45, 2.75) is 393 Å². The van der Waals surface area contributed by atoms with E-state index in [9.17, 15) is 43.2 Å². The molecule has 2 unspecified atom stereocenters. The summed E-state index contributed by atoms with van der Waals surface area (Å²) in [5, 5.41) is 10.6. The molecule has 0 fully saturated rings. The van der Waals surface area contributed by atoms with Crippen LogP contribution in [0.1, 0.15) is 374 Å². The zero-order chi connectivity index (χ0) is 70.4. The topological polar surface area (TPSA) is 237 Å². The zero-order valence-electron chi connectivity index (χ0n) is 61.6. The number of phosphoric acid groups is 2. The Morgan fingerprint density at radius 2 is 0.510 bits per heavy atom. The first-order valence-corrected chi connectivity index (χ1v) is 42.2. The molecule has 564 valence electrons. The molecule has 0 saturated heterocycles. The van der Waals surface area contributed by atoms with E-state index in [0.717, 1.165) is 128 Å². The number of carbonyl (C=O) groups is 4. The lowest BCUT2D eigenvalue weighted by atomic mass is 10.0. The molecule has 0 radical (unpaired) electrons. The first kappa shape index (κ1) is 93.3. The number of esters is 4. The summed E-state index contributed by atoms with van der Waals surface area (Å²) >= 11 is 0. The quantitative estimate of drug-likeness (QED) is 0.0169. The van der Waals surface area contributed by atoms with E-state index in [0.29, 0.717) is 25.7 Å². The molecule has 0 aromatic heterocycles. The number of aliphatic hydroxyl groups is 1. The van der Waals surface area contributed by atoms with Crippen LogP contribution in [0.2, 0.25) is 0 Å². The van der Waals surface area contributed by atoms with E-state index in [4.69, 9.17) is 37.0 Å². The lowest BCUT2D eigenvalue weighted by Crippen LogP contribution is -2.30. The third kappa shape index (κ3) is 69.7. The minimum absolute atomic E-state index is 0.0835. The fourth-order valence-corrected chi connectivity index (χ4v) is 12.7. The van der Waals surface area contributed by atoms with Crippen molar-refractivity contribution in [3.8, 4) is 0 Å². The maximum absolute atomic E-state index is 13.1. The average Bonchev–Trinajstić information content (AvgIpc) is 1.43. The monoisotopic (exact) mass is 1400 g/mol. The van der Waals surface area contributed by atoms with E-state index in [1.807, 2.05) is 0 Å². The van der Waals surface area contributed by atoms with Gasteiger partial charge in [-0.05, 0) is 83.5 Å². The smallest absolute Gasteiger partial charge is 0.462 e. The number of unbranched alkanes of at least 4 members (excludes halogenated alkanes) is 43. The van der Waals surface area contributed by atoms with Gasteiger partial charge in [0.2, 0.25) is 0 Å². The Labute approximate surface area is 585 Å². The number of hydrogen-bond donors (Lipinski definition) is 3. The third-order valence-corrected chi connectivity index (χ3v) is 19.0. The fourth-order valence-electron chi connectivity index (χ4n) is 11.1. The largest absolute Gasteiger partial charge is 0.472 e. The van der Waals surface area contributed by atoms with Crippen LogP contribution in [0.15, 0.2) is 36.5 Å². The van der Waals surface area contributed by atoms with Crippen LogP contribution in [0.5, 0.6) is 0 Å². The van der Waals surface area contributed by atoms with Gasteiger partial charge in [-0.1, -0.05) is 302 Å². The molecule has 0 aromatic rings. The van der Waals surface area contributed by atoms with Crippen LogP contribution in [0, 0.1) is 0 Å². The molecule has 0 rings (SSSR count). The lowest BCUT2D eigenvalue weighted by Gasteiger charge is -2.21. The van der Waals surface area contributed by atoms with Crippen molar-refractivity contribution in [1.82, 2.24) is 0 Å². The highest BCUT2D eigenvalue weighted by Crippen LogP contribution is 2.45. The van der Waals surface area contributed by atoms with Gasteiger partial charge in [-0.3, -0.25) is 37.3 Å². The minimum atomic E-state index is -4.97. The molecule has 19 heteroatoms. The molecule has 0 aliphatic heterocycles. The minimum Gasteiger partial charge on any atom is -0.462 e. The van der Waals surface area contributed by atoms with Crippen LogP contribution >= 0.6 is 15.6 Å². The Morgan fingerprint density at radius 1 is 0.292 bits per heavy atom. The Kier molecular flexibility index (Phi) is 68.7. The second-order valence-electron chi connectivity index (χ2n) is 26.7. The number of hydrogen-bond acceptors (Lipinski definition) is 15. The number of allylic oxidation sites excluding steroid dienone is 6. The first-order chi connectivity index (χ1) is 46.7. The Balaban J connectivity index is 5.31. The molecule has 0 spiro atoms. The summed E-state index contributed by atoms with van der Waals surface area (Å²) in [6, 6.07) is 0. The third-order valence-electron chi connectivity index (χ3n) is 17.1. The van der Waals surface area contributed by atoms with Gasteiger partial charge in [0.25, 0.3) is 0 Å². The molecular formula is C77H144O17P2. The van der Waals surface area contributed by atoms with Crippen LogP contribution in [-0.4, -0.2) is 96.7 Å². The van der Waals surface area contributed by atoms with Gasteiger partial charge < -0.3 is 33.8 Å². The molecular weight excluding hydrogens is 1260 g/mol. The fraction of sp³-hybridized carbons (Fsp3) is 0.870. The molecule has 0 heterocycles. The molecule has 0 aliphatic rings. The molecule has 0 aliphatic carbocycles. The van der Waals surface area contributed by atoms with E-state index >= 15 is 0 Å². The van der Waals surface area contributed by atoms with Crippen molar-refractivity contribution >= 4 is 39.5 Å². The zero-order valence-corrected chi connectivity index (χ0v) is 63.4. The van der Waals surface area contributed by atoms with Crippen LogP contribution < -0.4 is 0 Å². The summed E-state index contributed by atoms with van der Waals surface area (Å²) < 4.78 is 68.5. The number of rotatable bonds is 75. The molecule has 0 aromatic carbocycles. The molecule has 0 amide bonds. The maximum atomic E-state index is 13.1. The normalized spacial score (nSPS) is 14.1. The van der Waals surface area contributed by atoms with Crippen LogP contribution in [0.4, 0.5) is 0 Å². The van der Waals surface area contributed by atoms with Crippen molar-refractivity contribution in [2.75, 3.05) is 39.6 Å². The standard InChI is InChI=1S/C77H144O17P2/c1-5-9-13-17-21-25-29-33-35-39-42-46-50-54-58-62-75(80)88-68-73(94-77(82)64-60-56-52-48-44-40-36-34-30-26-22-18-14-10-6-2)70-92-96(85,86)90-66-71(78)65-89-95(83,84)91-69-72(93-76(81)63-59-55-51-47-43-38-32-28-24-20-16-12-8-4)67-87-74(79)61-57-53-49-45-41-37-31-27-23-19-15-11-7-3/h22,26,33-36,71-73,78H,5-21,23-25,27-32,37-70H2,1-4H3,(H,83,84)(H,85,86)/b26-22-,35-33-,36-34-/t71-,72-,73-/m1/s1. The first-order valence-electron chi connectivity index (χ1n) is 39.2. The van der Waals surface area contributed by atoms with Crippen LogP contribution in [0.3, 0.4) is 0 Å². The molecule has 96 heavy (non-hydrogen) atoms. The van der Waals surface area contributed by atoms with E-state index in [2.05, 4.69) is 64.2 Å². The van der Waals surface area contributed by atoms with E-state index in [1.54, 1.807) is 0 Å². The highest BCUT2D eigenvalue weighted by molar-refractivity contribution is 7.47. The van der Waals surface area contributed by atoms with Crippen molar-refractivity contribution in [3.05, 3.63) is 36.5 Å².